The summed E-state index contributed by atoms with van der Waals surface area (Å²) in [5.41, 5.74) is 1.71. The van der Waals surface area contributed by atoms with E-state index in [1.165, 1.54) is 0 Å². The Balaban J connectivity index is 3.02. The maximum Gasteiger partial charge on any atom is 0.132 e. The zero-order valence-corrected chi connectivity index (χ0v) is 9.67. The number of rotatable bonds is 4. The molecule has 0 fully saturated rings. The van der Waals surface area contributed by atoms with Gasteiger partial charge >= 0.3 is 0 Å². The van der Waals surface area contributed by atoms with Crippen LogP contribution in [0, 0.1) is 5.92 Å². The lowest BCUT2D eigenvalue weighted by Gasteiger charge is -2.02. The van der Waals surface area contributed by atoms with Gasteiger partial charge in [-0.1, -0.05) is 25.4 Å². The molecule has 0 aromatic carbocycles. The van der Waals surface area contributed by atoms with Crippen molar-refractivity contribution in [2.45, 2.75) is 40.3 Å². The Kier molecular flexibility index (Phi) is 3.96. The third-order valence-electron chi connectivity index (χ3n) is 2.12. The predicted octanol–water partition coefficient (Wildman–Crippen LogP) is 2.25. The van der Waals surface area contributed by atoms with Crippen molar-refractivity contribution in [3.63, 3.8) is 0 Å². The smallest absolute Gasteiger partial charge is 0.132 e. The van der Waals surface area contributed by atoms with Crippen LogP contribution in [0.2, 0.25) is 5.15 Å². The fourth-order valence-electron chi connectivity index (χ4n) is 1.44. The monoisotopic (exact) mass is 216 g/mol. The van der Waals surface area contributed by atoms with Crippen LogP contribution in [-0.2, 0) is 19.6 Å². The van der Waals surface area contributed by atoms with E-state index < -0.39 is 0 Å². The zero-order valence-electron chi connectivity index (χ0n) is 8.92. The van der Waals surface area contributed by atoms with Crippen molar-refractivity contribution >= 4 is 11.6 Å². The van der Waals surface area contributed by atoms with Gasteiger partial charge in [0.25, 0.3) is 0 Å². The molecule has 0 unspecified atom stereocenters. The number of halogens is 1. The molecule has 1 aromatic heterocycles. The normalized spacial score (nSPS) is 11.3. The summed E-state index contributed by atoms with van der Waals surface area (Å²) >= 11 is 6.05. The molecule has 3 nitrogen and oxygen atoms in total. The van der Waals surface area contributed by atoms with Gasteiger partial charge in [-0.2, -0.15) is 5.10 Å². The Hall–Kier alpha value is -0.540. The summed E-state index contributed by atoms with van der Waals surface area (Å²) in [5, 5.41) is 14.1. The number of hydrogen-bond acceptors (Lipinski definition) is 2. The summed E-state index contributed by atoms with van der Waals surface area (Å²) in [6, 6.07) is 0. The van der Waals surface area contributed by atoms with Crippen LogP contribution in [0.25, 0.3) is 0 Å². The summed E-state index contributed by atoms with van der Waals surface area (Å²) in [7, 11) is 0. The molecule has 1 aromatic rings. The highest BCUT2D eigenvalue weighted by molar-refractivity contribution is 6.30. The van der Waals surface area contributed by atoms with Crippen LogP contribution in [0.4, 0.5) is 0 Å². The maximum atomic E-state index is 9.18. The number of nitrogens with zero attached hydrogens (tertiary/aromatic N) is 2. The van der Waals surface area contributed by atoms with E-state index in [0.29, 0.717) is 11.1 Å². The van der Waals surface area contributed by atoms with E-state index >= 15 is 0 Å². The first-order valence-electron chi connectivity index (χ1n) is 4.95. The van der Waals surface area contributed by atoms with Crippen molar-refractivity contribution in [3.05, 3.63) is 16.4 Å². The van der Waals surface area contributed by atoms with Crippen LogP contribution < -0.4 is 0 Å². The van der Waals surface area contributed by atoms with Gasteiger partial charge < -0.3 is 5.11 Å². The Morgan fingerprint density at radius 2 is 2.14 bits per heavy atom. The minimum Gasteiger partial charge on any atom is -0.391 e. The highest BCUT2D eigenvalue weighted by Crippen LogP contribution is 2.22. The standard InChI is InChI=1S/C10H17ClN2O/c1-4-13-10(11)8(6-14)9(12-13)5-7(2)3/h7,14H,4-6H2,1-3H3. The Morgan fingerprint density at radius 1 is 1.50 bits per heavy atom. The van der Waals surface area contributed by atoms with Gasteiger partial charge in [0, 0.05) is 12.1 Å². The first-order valence-corrected chi connectivity index (χ1v) is 5.32. The number of aliphatic hydroxyl groups excluding tert-OH is 1. The predicted molar refractivity (Wildman–Crippen MR) is 57.4 cm³/mol. The van der Waals surface area contributed by atoms with Crippen LogP contribution in [0.15, 0.2) is 0 Å². The summed E-state index contributed by atoms with van der Waals surface area (Å²) in [6.45, 7) is 6.95. The molecule has 4 heteroatoms. The van der Waals surface area contributed by atoms with E-state index in [0.717, 1.165) is 24.2 Å². The van der Waals surface area contributed by atoms with E-state index in [-0.39, 0.29) is 6.61 Å². The fraction of sp³-hybridized carbons (Fsp3) is 0.700. The quantitative estimate of drug-likeness (QED) is 0.839. The highest BCUT2D eigenvalue weighted by Gasteiger charge is 2.15. The van der Waals surface area contributed by atoms with Crippen LogP contribution in [0.5, 0.6) is 0 Å². The van der Waals surface area contributed by atoms with Crippen molar-refractivity contribution in [2.24, 2.45) is 5.92 Å². The van der Waals surface area contributed by atoms with Crippen molar-refractivity contribution in [1.82, 2.24) is 9.78 Å². The first-order chi connectivity index (χ1) is 6.60. The van der Waals surface area contributed by atoms with Gasteiger partial charge in [0.05, 0.1) is 12.3 Å². The Bertz CT molecular complexity index is 307. The third-order valence-corrected chi connectivity index (χ3v) is 2.55. The van der Waals surface area contributed by atoms with Crippen molar-refractivity contribution < 1.29 is 5.11 Å². The molecule has 0 saturated heterocycles. The molecule has 14 heavy (non-hydrogen) atoms. The van der Waals surface area contributed by atoms with E-state index in [1.807, 2.05) is 6.92 Å². The van der Waals surface area contributed by atoms with Gasteiger partial charge in [-0.25, -0.2) is 0 Å². The number of aryl methyl sites for hydroxylation is 1. The molecule has 1 rings (SSSR count). The van der Waals surface area contributed by atoms with E-state index in [1.54, 1.807) is 4.68 Å². The SMILES string of the molecule is CCn1nc(CC(C)C)c(CO)c1Cl. The maximum absolute atomic E-state index is 9.18. The van der Waals surface area contributed by atoms with Gasteiger partial charge in [-0.3, -0.25) is 4.68 Å². The molecule has 0 aliphatic heterocycles. The van der Waals surface area contributed by atoms with Crippen LogP contribution >= 0.6 is 11.6 Å². The van der Waals surface area contributed by atoms with Gasteiger partial charge in [0.15, 0.2) is 0 Å². The molecule has 80 valence electrons. The molecule has 0 spiro atoms. The molecular weight excluding hydrogens is 200 g/mol. The second-order valence-electron chi connectivity index (χ2n) is 3.79. The molecule has 0 saturated carbocycles. The minimum absolute atomic E-state index is 0.0269. The van der Waals surface area contributed by atoms with Gasteiger partial charge in [-0.05, 0) is 19.3 Å². The molecule has 1 heterocycles. The molecule has 1 N–H and O–H groups in total. The van der Waals surface area contributed by atoms with Crippen molar-refractivity contribution in [1.29, 1.82) is 0 Å². The third kappa shape index (κ3) is 2.28. The van der Waals surface area contributed by atoms with E-state index in [2.05, 4.69) is 18.9 Å². The van der Waals surface area contributed by atoms with Crippen LogP contribution in [0.1, 0.15) is 32.0 Å². The van der Waals surface area contributed by atoms with Crippen LogP contribution in [-0.4, -0.2) is 14.9 Å². The number of aromatic nitrogens is 2. The molecule has 0 radical (unpaired) electrons. The summed E-state index contributed by atoms with van der Waals surface area (Å²) < 4.78 is 1.73. The average Bonchev–Trinajstić information content (AvgIpc) is 2.41. The van der Waals surface area contributed by atoms with E-state index in [9.17, 15) is 5.11 Å². The molecule has 0 bridgehead atoms. The second kappa shape index (κ2) is 4.80. The summed E-state index contributed by atoms with van der Waals surface area (Å²) in [6.07, 6.45) is 0.864. The number of hydrogen-bond donors (Lipinski definition) is 1. The lowest BCUT2D eigenvalue weighted by atomic mass is 10.1. The minimum atomic E-state index is -0.0269. The molecule has 0 atom stereocenters. The molecular formula is C10H17ClN2O. The first kappa shape index (κ1) is 11.5. The lowest BCUT2D eigenvalue weighted by Crippen LogP contribution is -2.00. The van der Waals surface area contributed by atoms with Crippen molar-refractivity contribution in [3.8, 4) is 0 Å². The largest absolute Gasteiger partial charge is 0.391 e. The van der Waals surface area contributed by atoms with Crippen molar-refractivity contribution in [2.75, 3.05) is 0 Å². The Morgan fingerprint density at radius 3 is 2.57 bits per heavy atom. The lowest BCUT2D eigenvalue weighted by molar-refractivity contribution is 0.280. The molecule has 0 aliphatic rings. The zero-order chi connectivity index (χ0) is 10.7. The molecule has 0 amide bonds. The summed E-state index contributed by atoms with van der Waals surface area (Å²) in [4.78, 5) is 0. The Labute approximate surface area is 89.7 Å². The van der Waals surface area contributed by atoms with E-state index in [4.69, 9.17) is 11.6 Å². The molecule has 0 aliphatic carbocycles. The van der Waals surface area contributed by atoms with Gasteiger partial charge in [-0.15, -0.1) is 0 Å². The number of aliphatic hydroxyl groups is 1. The fourth-order valence-corrected chi connectivity index (χ4v) is 1.77. The van der Waals surface area contributed by atoms with Crippen LogP contribution in [0.3, 0.4) is 0 Å². The summed E-state index contributed by atoms with van der Waals surface area (Å²) in [5.74, 6) is 0.525. The second-order valence-corrected chi connectivity index (χ2v) is 4.15. The van der Waals surface area contributed by atoms with Gasteiger partial charge in [0.2, 0.25) is 0 Å². The van der Waals surface area contributed by atoms with Gasteiger partial charge in [0.1, 0.15) is 5.15 Å². The topological polar surface area (TPSA) is 38.0 Å². The highest BCUT2D eigenvalue weighted by atomic mass is 35.5. The average molecular weight is 217 g/mol.